The molecule has 0 unspecified atom stereocenters. The van der Waals surface area contributed by atoms with Gasteiger partial charge in [0.25, 0.3) is 0 Å². The Morgan fingerprint density at radius 3 is 2.21 bits per heavy atom. The van der Waals surface area contributed by atoms with Crippen LogP contribution in [0.2, 0.25) is 5.02 Å². The van der Waals surface area contributed by atoms with Crippen molar-refractivity contribution in [1.82, 2.24) is 0 Å². The first-order valence-electron chi connectivity index (χ1n) is 6.84. The van der Waals surface area contributed by atoms with Gasteiger partial charge in [-0.2, -0.15) is 0 Å². The van der Waals surface area contributed by atoms with E-state index in [0.717, 1.165) is 29.1 Å². The monoisotopic (exact) mass is 369 g/mol. The number of sulfonamides is 1. The number of nitrogens with one attached hydrogen (secondary N) is 2. The van der Waals surface area contributed by atoms with Gasteiger partial charge in [-0.25, -0.2) is 8.42 Å². The topological polar surface area (TPSA) is 111 Å². The minimum absolute atomic E-state index is 0.294. The first-order valence-corrected chi connectivity index (χ1v) is 8.70. The second kappa shape index (κ2) is 6.39. The number of amides is 1. The molecule has 2 aromatic rings. The molecule has 0 radical (unpaired) electrons. The van der Waals surface area contributed by atoms with E-state index in [2.05, 4.69) is 5.43 Å². The van der Waals surface area contributed by atoms with Gasteiger partial charge in [-0.15, -0.1) is 5.43 Å². The molecule has 0 bridgehead atoms. The van der Waals surface area contributed by atoms with Crippen LogP contribution in [0.1, 0.15) is 27.3 Å². The van der Waals surface area contributed by atoms with Gasteiger partial charge in [-0.1, -0.05) is 16.3 Å². The van der Waals surface area contributed by atoms with Crippen LogP contribution in [0.15, 0.2) is 29.2 Å². The molecule has 0 saturated carbocycles. The zero-order valence-corrected chi connectivity index (χ0v) is 14.8. The lowest BCUT2D eigenvalue weighted by molar-refractivity contribution is -0.654. The number of carbonyl (C=O) groups is 1. The van der Waals surface area contributed by atoms with Crippen LogP contribution in [0.4, 0.5) is 0 Å². The Morgan fingerprint density at radius 2 is 1.71 bits per heavy atom. The highest BCUT2D eigenvalue weighted by Gasteiger charge is 2.22. The lowest BCUT2D eigenvalue weighted by Crippen LogP contribution is -2.53. The van der Waals surface area contributed by atoms with Gasteiger partial charge in [0.15, 0.2) is 0 Å². The summed E-state index contributed by atoms with van der Waals surface area (Å²) >= 11 is 5.72. The van der Waals surface area contributed by atoms with E-state index in [1.54, 1.807) is 13.8 Å². The molecule has 0 aliphatic carbocycles. The van der Waals surface area contributed by atoms with Gasteiger partial charge in [0.1, 0.15) is 15.8 Å². The number of hydrogen-bond donors (Lipinski definition) is 2. The van der Waals surface area contributed by atoms with E-state index < -0.39 is 26.6 Å². The number of hydrogen-bond acceptors (Lipinski definition) is 4. The van der Waals surface area contributed by atoms with E-state index in [9.17, 15) is 18.3 Å². The fraction of sp³-hybridized carbons (Fsp3) is 0.200. The quantitative estimate of drug-likeness (QED) is 0.809. The molecule has 128 valence electrons. The molecule has 7 nitrogen and oxygen atoms in total. The number of rotatable bonds is 3. The van der Waals surface area contributed by atoms with Crippen LogP contribution in [0.5, 0.6) is 5.75 Å². The first kappa shape index (κ1) is 18.2. The maximum absolute atomic E-state index is 12.4. The molecule has 0 fully saturated rings. The summed E-state index contributed by atoms with van der Waals surface area (Å²) in [4.78, 5) is 11.9. The summed E-state index contributed by atoms with van der Waals surface area (Å²) < 4.78 is 24.3. The Morgan fingerprint density at radius 1 is 1.17 bits per heavy atom. The molecule has 1 aromatic heterocycles. The SMILES string of the molecule is Cc1cc(C)[n+](NC(=O)c2cc(S([NH-])(=O)=O)c(Cl)cc2O)c(C)c1. The molecule has 24 heavy (non-hydrogen) atoms. The van der Waals surface area contributed by atoms with Crippen molar-refractivity contribution in [2.75, 3.05) is 5.43 Å². The van der Waals surface area contributed by atoms with Crippen LogP contribution in [-0.2, 0) is 10.0 Å². The summed E-state index contributed by atoms with van der Waals surface area (Å²) in [5.74, 6) is -1.21. The minimum atomic E-state index is -4.38. The molecule has 0 aliphatic rings. The van der Waals surface area contributed by atoms with E-state index >= 15 is 0 Å². The fourth-order valence-electron chi connectivity index (χ4n) is 2.38. The molecule has 0 saturated heterocycles. The Labute approximate surface area is 144 Å². The third-order valence-electron chi connectivity index (χ3n) is 3.38. The van der Waals surface area contributed by atoms with Gasteiger partial charge in [0.05, 0.1) is 15.5 Å². The number of carbonyl (C=O) groups excluding carboxylic acids is 1. The molecule has 9 heteroatoms. The van der Waals surface area contributed by atoms with E-state index in [1.807, 2.05) is 19.1 Å². The smallest absolute Gasteiger partial charge is 0.309 e. The van der Waals surface area contributed by atoms with Crippen LogP contribution >= 0.6 is 11.6 Å². The average Bonchev–Trinajstić information content (AvgIpc) is 2.41. The molecular formula is C15H16ClN3O4S. The molecule has 0 spiro atoms. The molecule has 0 aliphatic heterocycles. The van der Waals surface area contributed by atoms with Gasteiger partial charge < -0.3 is 10.2 Å². The van der Waals surface area contributed by atoms with E-state index in [4.69, 9.17) is 16.7 Å². The standard InChI is InChI=1S/C15H16ClN3O4S/c1-8-4-9(2)19(10(3)5-8)18-15(21)11-6-14(24(17,22)23)12(16)7-13(11)20/h4-7H,1-3H3,(H3-,17,18,20,21,22,23). The highest BCUT2D eigenvalue weighted by molar-refractivity contribution is 7.93. The van der Waals surface area contributed by atoms with E-state index in [-0.39, 0.29) is 10.6 Å². The van der Waals surface area contributed by atoms with Crippen LogP contribution in [0, 0.1) is 20.8 Å². The number of benzene rings is 1. The molecule has 3 N–H and O–H groups in total. The maximum atomic E-state index is 12.4. The van der Waals surface area contributed by atoms with Gasteiger partial charge in [0, 0.05) is 32.0 Å². The van der Waals surface area contributed by atoms with Crippen LogP contribution in [0.25, 0.3) is 5.14 Å². The third kappa shape index (κ3) is 3.66. The molecule has 1 heterocycles. The lowest BCUT2D eigenvalue weighted by atomic mass is 10.2. The number of phenols is 1. The van der Waals surface area contributed by atoms with E-state index in [0.29, 0.717) is 0 Å². The molecule has 1 aromatic carbocycles. The summed E-state index contributed by atoms with van der Waals surface area (Å²) in [6.45, 7) is 5.51. The number of pyridine rings is 1. The fourth-order valence-corrected chi connectivity index (χ4v) is 3.43. The average molecular weight is 370 g/mol. The number of nitrogens with zero attached hydrogens (tertiary/aromatic N) is 1. The predicted octanol–water partition coefficient (Wildman–Crippen LogP) is 2.38. The van der Waals surface area contributed by atoms with Crippen molar-refractivity contribution in [3.05, 3.63) is 56.9 Å². The van der Waals surface area contributed by atoms with Gasteiger partial charge in [0.2, 0.25) is 11.4 Å². The number of phenolic OH excluding ortho intramolecular Hbond substituents is 1. The van der Waals surface area contributed by atoms with Crippen LogP contribution < -0.4 is 10.1 Å². The second-order valence-corrected chi connectivity index (χ2v) is 7.25. The number of aryl methyl sites for hydroxylation is 3. The molecule has 0 atom stereocenters. The second-order valence-electron chi connectivity index (χ2n) is 5.40. The first-order chi connectivity index (χ1) is 11.0. The Bertz CT molecular complexity index is 919. The van der Waals surface area contributed by atoms with Crippen molar-refractivity contribution in [2.45, 2.75) is 25.7 Å². The number of aromatic nitrogens is 1. The van der Waals surface area contributed by atoms with Gasteiger partial charge >= 0.3 is 5.91 Å². The van der Waals surface area contributed by atoms with Crippen molar-refractivity contribution < 1.29 is 23.0 Å². The Hall–Kier alpha value is -2.16. The van der Waals surface area contributed by atoms with Crippen LogP contribution in [-0.4, -0.2) is 19.4 Å². The van der Waals surface area contributed by atoms with Crippen molar-refractivity contribution in [2.24, 2.45) is 0 Å². The number of aromatic hydroxyl groups is 1. The van der Waals surface area contributed by atoms with Gasteiger partial charge in [-0.3, -0.25) is 4.79 Å². The van der Waals surface area contributed by atoms with Crippen molar-refractivity contribution >= 4 is 27.5 Å². The van der Waals surface area contributed by atoms with E-state index in [1.165, 1.54) is 4.68 Å². The molecular weight excluding hydrogens is 354 g/mol. The highest BCUT2D eigenvalue weighted by Crippen LogP contribution is 2.30. The zero-order chi connectivity index (χ0) is 18.2. The summed E-state index contributed by atoms with van der Waals surface area (Å²) in [5.41, 5.74) is 4.81. The van der Waals surface area contributed by atoms with Crippen molar-refractivity contribution in [1.29, 1.82) is 0 Å². The summed E-state index contributed by atoms with van der Waals surface area (Å²) in [7, 11) is -4.38. The predicted molar refractivity (Wildman–Crippen MR) is 89.2 cm³/mol. The zero-order valence-electron chi connectivity index (χ0n) is 13.2. The largest absolute Gasteiger partial charge is 0.560 e. The Balaban J connectivity index is 2.48. The highest BCUT2D eigenvalue weighted by atomic mass is 35.5. The Kier molecular flexibility index (Phi) is 4.84. The maximum Gasteiger partial charge on any atom is 0.309 e. The van der Waals surface area contributed by atoms with Crippen LogP contribution in [0.3, 0.4) is 0 Å². The molecule has 2 rings (SSSR count). The third-order valence-corrected chi connectivity index (χ3v) is 4.72. The van der Waals surface area contributed by atoms with Crippen molar-refractivity contribution in [3.8, 4) is 5.75 Å². The lowest BCUT2D eigenvalue weighted by Gasteiger charge is -2.11. The summed E-state index contributed by atoms with van der Waals surface area (Å²) in [6.07, 6.45) is 0. The minimum Gasteiger partial charge on any atom is -0.560 e. The summed E-state index contributed by atoms with van der Waals surface area (Å²) in [6, 6.07) is 5.52. The normalized spacial score (nSPS) is 11.4. The van der Waals surface area contributed by atoms with Gasteiger partial charge in [-0.05, 0) is 18.6 Å². The summed E-state index contributed by atoms with van der Waals surface area (Å²) in [5, 5.41) is 16.7. The van der Waals surface area contributed by atoms with Crippen molar-refractivity contribution in [3.63, 3.8) is 0 Å². The number of halogens is 1. The molecule has 1 amide bonds.